The first kappa shape index (κ1) is 15.1. The van der Waals surface area contributed by atoms with Crippen LogP contribution in [0.25, 0.3) is 10.8 Å². The summed E-state index contributed by atoms with van der Waals surface area (Å²) < 4.78 is 49.5. The predicted molar refractivity (Wildman–Crippen MR) is 68.9 cm³/mol. The molecule has 0 aromatic heterocycles. The SMILES string of the molecule is O=C(NCC(F)(F)C(F)F)c1ccc2ccccc2c1O. The number of fused-ring (bicyclic) bond motifs is 1. The Balaban J connectivity index is 2.22. The third-order valence-electron chi connectivity index (χ3n) is 2.95. The number of hydrogen-bond donors (Lipinski definition) is 2. The molecule has 0 atom stereocenters. The van der Waals surface area contributed by atoms with Crippen LogP contribution in [0.15, 0.2) is 36.4 Å². The van der Waals surface area contributed by atoms with Crippen LogP contribution in [0.1, 0.15) is 10.4 Å². The maximum absolute atomic E-state index is 12.7. The molecule has 0 fully saturated rings. The number of nitrogens with one attached hydrogen (secondary N) is 1. The summed E-state index contributed by atoms with van der Waals surface area (Å²) in [5.74, 6) is -5.74. The van der Waals surface area contributed by atoms with E-state index in [2.05, 4.69) is 0 Å². The normalized spacial score (nSPS) is 11.9. The van der Waals surface area contributed by atoms with Crippen molar-refractivity contribution in [3.8, 4) is 5.75 Å². The number of hydrogen-bond acceptors (Lipinski definition) is 2. The van der Waals surface area contributed by atoms with Gasteiger partial charge in [-0.1, -0.05) is 30.3 Å². The van der Waals surface area contributed by atoms with E-state index in [1.165, 1.54) is 12.1 Å². The van der Waals surface area contributed by atoms with Crippen LogP contribution in [-0.2, 0) is 0 Å². The van der Waals surface area contributed by atoms with Crippen molar-refractivity contribution in [3.63, 3.8) is 0 Å². The molecule has 0 spiro atoms. The number of aromatic hydroxyl groups is 1. The number of rotatable bonds is 4. The van der Waals surface area contributed by atoms with Gasteiger partial charge in [-0.2, -0.15) is 8.78 Å². The van der Waals surface area contributed by atoms with Gasteiger partial charge in [0.1, 0.15) is 5.75 Å². The molecule has 0 bridgehead atoms. The van der Waals surface area contributed by atoms with E-state index in [1.54, 1.807) is 29.6 Å². The van der Waals surface area contributed by atoms with E-state index in [4.69, 9.17) is 0 Å². The molecule has 0 heterocycles. The maximum atomic E-state index is 12.7. The Labute approximate surface area is 117 Å². The number of carbonyl (C=O) groups excluding carboxylic acids is 1. The zero-order valence-corrected chi connectivity index (χ0v) is 10.6. The number of amides is 1. The van der Waals surface area contributed by atoms with Crippen LogP contribution in [0, 0.1) is 0 Å². The average Bonchev–Trinajstić information content (AvgIpc) is 2.45. The van der Waals surface area contributed by atoms with Crippen molar-refractivity contribution in [1.29, 1.82) is 0 Å². The lowest BCUT2D eigenvalue weighted by Crippen LogP contribution is -2.41. The smallest absolute Gasteiger partial charge is 0.324 e. The topological polar surface area (TPSA) is 49.3 Å². The van der Waals surface area contributed by atoms with Crippen LogP contribution in [0.5, 0.6) is 5.75 Å². The first-order valence-corrected chi connectivity index (χ1v) is 5.98. The van der Waals surface area contributed by atoms with Crippen molar-refractivity contribution in [1.82, 2.24) is 5.32 Å². The molecule has 112 valence electrons. The van der Waals surface area contributed by atoms with Gasteiger partial charge in [-0.3, -0.25) is 4.79 Å². The first-order valence-electron chi connectivity index (χ1n) is 5.98. The summed E-state index contributed by atoms with van der Waals surface area (Å²) in [6.45, 7) is -1.50. The lowest BCUT2D eigenvalue weighted by Gasteiger charge is -2.16. The highest BCUT2D eigenvalue weighted by Gasteiger charge is 2.41. The highest BCUT2D eigenvalue weighted by atomic mass is 19.3. The van der Waals surface area contributed by atoms with Crippen molar-refractivity contribution >= 4 is 16.7 Å². The first-order chi connectivity index (χ1) is 9.83. The zero-order valence-electron chi connectivity index (χ0n) is 10.6. The molecule has 7 heteroatoms. The molecule has 0 saturated heterocycles. The molecule has 0 radical (unpaired) electrons. The molecule has 2 N–H and O–H groups in total. The van der Waals surface area contributed by atoms with Gasteiger partial charge in [-0.25, -0.2) is 8.78 Å². The fourth-order valence-corrected chi connectivity index (χ4v) is 1.81. The lowest BCUT2D eigenvalue weighted by molar-refractivity contribution is -0.123. The van der Waals surface area contributed by atoms with Crippen LogP contribution in [0.4, 0.5) is 17.6 Å². The Hall–Kier alpha value is -2.31. The molecular formula is C14H11F4NO2. The number of alkyl halides is 4. The Bertz CT molecular complexity index is 673. The molecule has 3 nitrogen and oxygen atoms in total. The fraction of sp³-hybridized carbons (Fsp3) is 0.214. The van der Waals surface area contributed by atoms with Gasteiger partial charge in [0.05, 0.1) is 12.1 Å². The van der Waals surface area contributed by atoms with Crippen LogP contribution >= 0.6 is 0 Å². The molecule has 21 heavy (non-hydrogen) atoms. The summed E-state index contributed by atoms with van der Waals surface area (Å²) >= 11 is 0. The summed E-state index contributed by atoms with van der Waals surface area (Å²) in [5, 5.41) is 12.7. The number of phenols is 1. The molecule has 2 aromatic carbocycles. The van der Waals surface area contributed by atoms with Gasteiger partial charge in [-0.05, 0) is 11.5 Å². The second-order valence-electron chi connectivity index (χ2n) is 4.43. The summed E-state index contributed by atoms with van der Waals surface area (Å²) in [6, 6.07) is 9.37. The zero-order chi connectivity index (χ0) is 15.6. The fourth-order valence-electron chi connectivity index (χ4n) is 1.81. The Morgan fingerprint density at radius 2 is 1.86 bits per heavy atom. The van der Waals surface area contributed by atoms with Crippen molar-refractivity contribution in [3.05, 3.63) is 42.0 Å². The molecule has 0 aliphatic carbocycles. The highest BCUT2D eigenvalue weighted by Crippen LogP contribution is 2.29. The third kappa shape index (κ3) is 3.07. The molecule has 2 aromatic rings. The van der Waals surface area contributed by atoms with Crippen molar-refractivity contribution < 1.29 is 27.5 Å². The van der Waals surface area contributed by atoms with E-state index >= 15 is 0 Å². The highest BCUT2D eigenvalue weighted by molar-refractivity contribution is 6.03. The summed E-state index contributed by atoms with van der Waals surface area (Å²) in [5.41, 5.74) is -0.251. The van der Waals surface area contributed by atoms with Crippen molar-refractivity contribution in [2.24, 2.45) is 0 Å². The van der Waals surface area contributed by atoms with E-state index in [1.807, 2.05) is 0 Å². The second kappa shape index (κ2) is 5.59. The second-order valence-corrected chi connectivity index (χ2v) is 4.43. The summed E-state index contributed by atoms with van der Waals surface area (Å²) in [7, 11) is 0. The molecule has 0 saturated carbocycles. The Morgan fingerprint density at radius 3 is 2.52 bits per heavy atom. The minimum absolute atomic E-state index is 0.251. The van der Waals surface area contributed by atoms with E-state index < -0.39 is 24.8 Å². The molecule has 0 aliphatic rings. The van der Waals surface area contributed by atoms with Crippen LogP contribution in [0.2, 0.25) is 0 Å². The quantitative estimate of drug-likeness (QED) is 0.852. The van der Waals surface area contributed by atoms with Gasteiger partial charge in [0.25, 0.3) is 5.91 Å². The Kier molecular flexibility index (Phi) is 4.02. The number of phenolic OH excluding ortho intramolecular Hbond substituents is 1. The predicted octanol–water partition coefficient (Wildman–Crippen LogP) is 3.18. The minimum atomic E-state index is -4.32. The van der Waals surface area contributed by atoms with E-state index in [0.29, 0.717) is 10.8 Å². The van der Waals surface area contributed by atoms with Crippen molar-refractivity contribution in [2.75, 3.05) is 6.54 Å². The van der Waals surface area contributed by atoms with Crippen LogP contribution < -0.4 is 5.32 Å². The van der Waals surface area contributed by atoms with Gasteiger partial charge in [0.2, 0.25) is 0 Å². The number of benzene rings is 2. The monoisotopic (exact) mass is 301 g/mol. The van der Waals surface area contributed by atoms with E-state index in [-0.39, 0.29) is 11.3 Å². The van der Waals surface area contributed by atoms with Gasteiger partial charge < -0.3 is 10.4 Å². The molecular weight excluding hydrogens is 290 g/mol. The number of halogens is 4. The molecule has 2 rings (SSSR count). The lowest BCUT2D eigenvalue weighted by atomic mass is 10.0. The van der Waals surface area contributed by atoms with Gasteiger partial charge in [0.15, 0.2) is 0 Å². The molecule has 1 amide bonds. The van der Waals surface area contributed by atoms with Gasteiger partial charge in [0, 0.05) is 5.39 Å². The van der Waals surface area contributed by atoms with Gasteiger partial charge >= 0.3 is 12.3 Å². The number of carbonyl (C=O) groups is 1. The Morgan fingerprint density at radius 1 is 1.19 bits per heavy atom. The van der Waals surface area contributed by atoms with Crippen LogP contribution in [0.3, 0.4) is 0 Å². The third-order valence-corrected chi connectivity index (χ3v) is 2.95. The summed E-state index contributed by atoms with van der Waals surface area (Å²) in [6.07, 6.45) is -3.87. The average molecular weight is 301 g/mol. The minimum Gasteiger partial charge on any atom is -0.506 e. The summed E-state index contributed by atoms with van der Waals surface area (Å²) in [4.78, 5) is 11.7. The molecule has 0 unspecified atom stereocenters. The maximum Gasteiger partial charge on any atom is 0.324 e. The van der Waals surface area contributed by atoms with Crippen LogP contribution in [-0.4, -0.2) is 29.9 Å². The van der Waals surface area contributed by atoms with Crippen molar-refractivity contribution in [2.45, 2.75) is 12.3 Å². The van der Waals surface area contributed by atoms with E-state index in [9.17, 15) is 27.5 Å². The standard InChI is InChI=1S/C14H11F4NO2/c15-13(16)14(17,18)7-19-12(21)10-6-5-8-3-1-2-4-9(8)11(10)20/h1-6,13,20H,7H2,(H,19,21). The van der Waals surface area contributed by atoms with Gasteiger partial charge in [-0.15, -0.1) is 0 Å². The largest absolute Gasteiger partial charge is 0.506 e. The van der Waals surface area contributed by atoms with E-state index in [0.717, 1.165) is 0 Å². The molecule has 0 aliphatic heterocycles.